The Morgan fingerprint density at radius 2 is 1.90 bits per heavy atom. The summed E-state index contributed by atoms with van der Waals surface area (Å²) in [6.07, 6.45) is 0.987. The van der Waals surface area contributed by atoms with Crippen LogP contribution in [0.4, 0.5) is 5.69 Å². The van der Waals surface area contributed by atoms with E-state index in [4.69, 9.17) is 5.73 Å². The van der Waals surface area contributed by atoms with Gasteiger partial charge in [-0.15, -0.1) is 0 Å². The van der Waals surface area contributed by atoms with Gasteiger partial charge in [-0.3, -0.25) is 4.79 Å². The molecule has 104 valence electrons. The second kappa shape index (κ2) is 6.24. The Balaban J connectivity index is 2.22. The Labute approximate surface area is 119 Å². The summed E-state index contributed by atoms with van der Waals surface area (Å²) in [7, 11) is 0. The van der Waals surface area contributed by atoms with Crippen LogP contribution >= 0.6 is 0 Å². The van der Waals surface area contributed by atoms with E-state index in [0.29, 0.717) is 5.56 Å². The first kappa shape index (κ1) is 14.1. The van der Waals surface area contributed by atoms with Gasteiger partial charge in [0.25, 0.3) is 0 Å². The van der Waals surface area contributed by atoms with Gasteiger partial charge >= 0.3 is 0 Å². The number of hydrogen-bond donors (Lipinski definition) is 2. The van der Waals surface area contributed by atoms with E-state index in [2.05, 4.69) is 24.4 Å². The second-order valence-corrected chi connectivity index (χ2v) is 4.91. The molecule has 2 rings (SSSR count). The van der Waals surface area contributed by atoms with Crippen molar-refractivity contribution in [2.45, 2.75) is 26.3 Å². The van der Waals surface area contributed by atoms with Gasteiger partial charge in [-0.1, -0.05) is 37.3 Å². The zero-order valence-electron chi connectivity index (χ0n) is 11.9. The number of benzene rings is 2. The van der Waals surface area contributed by atoms with E-state index in [9.17, 15) is 4.79 Å². The highest BCUT2D eigenvalue weighted by molar-refractivity contribution is 5.93. The lowest BCUT2D eigenvalue weighted by Crippen LogP contribution is -2.13. The minimum Gasteiger partial charge on any atom is -0.378 e. The highest BCUT2D eigenvalue weighted by atomic mass is 16.1. The monoisotopic (exact) mass is 268 g/mol. The lowest BCUT2D eigenvalue weighted by atomic mass is 10.0. The summed E-state index contributed by atoms with van der Waals surface area (Å²) < 4.78 is 0. The van der Waals surface area contributed by atoms with Crippen LogP contribution < -0.4 is 11.1 Å². The Morgan fingerprint density at radius 1 is 1.20 bits per heavy atom. The summed E-state index contributed by atoms with van der Waals surface area (Å²) in [5.74, 6) is -0.394. The summed E-state index contributed by atoms with van der Waals surface area (Å²) in [4.78, 5) is 11.2. The number of hydrogen-bond acceptors (Lipinski definition) is 2. The van der Waals surface area contributed by atoms with Gasteiger partial charge < -0.3 is 11.1 Å². The number of carbonyl (C=O) groups is 1. The molecule has 0 fully saturated rings. The third-order valence-corrected chi connectivity index (χ3v) is 3.45. The SMILES string of the molecule is CCC(Nc1ccc(C(N)=O)cc1C)c1ccccc1. The summed E-state index contributed by atoms with van der Waals surface area (Å²) in [6, 6.07) is 16.1. The first-order valence-electron chi connectivity index (χ1n) is 6.83. The number of nitrogens with one attached hydrogen (secondary N) is 1. The van der Waals surface area contributed by atoms with Crippen LogP contribution in [0.5, 0.6) is 0 Å². The van der Waals surface area contributed by atoms with Gasteiger partial charge in [0.15, 0.2) is 0 Å². The van der Waals surface area contributed by atoms with Gasteiger partial charge in [0.1, 0.15) is 0 Å². The molecule has 1 amide bonds. The first-order valence-corrected chi connectivity index (χ1v) is 6.83. The van der Waals surface area contributed by atoms with Crippen molar-refractivity contribution in [3.8, 4) is 0 Å². The lowest BCUT2D eigenvalue weighted by molar-refractivity contribution is 0.1000. The van der Waals surface area contributed by atoms with Crippen molar-refractivity contribution >= 4 is 11.6 Å². The molecule has 0 bridgehead atoms. The molecule has 0 aromatic heterocycles. The van der Waals surface area contributed by atoms with Crippen molar-refractivity contribution in [3.05, 3.63) is 65.2 Å². The van der Waals surface area contributed by atoms with E-state index in [-0.39, 0.29) is 6.04 Å². The highest BCUT2D eigenvalue weighted by Crippen LogP contribution is 2.25. The standard InChI is InChI=1S/C17H20N2O/c1-3-15(13-7-5-4-6-8-13)19-16-10-9-14(17(18)20)11-12(16)2/h4-11,15,19H,3H2,1-2H3,(H2,18,20). The molecule has 20 heavy (non-hydrogen) atoms. The van der Waals surface area contributed by atoms with Crippen molar-refractivity contribution in [1.29, 1.82) is 0 Å². The van der Waals surface area contributed by atoms with Crippen LogP contribution in [-0.2, 0) is 0 Å². The molecule has 2 aromatic carbocycles. The normalized spacial score (nSPS) is 11.9. The molecule has 0 aliphatic carbocycles. The van der Waals surface area contributed by atoms with Crippen LogP contribution in [0.15, 0.2) is 48.5 Å². The van der Waals surface area contributed by atoms with Crippen molar-refractivity contribution in [3.63, 3.8) is 0 Å². The van der Waals surface area contributed by atoms with E-state index in [0.717, 1.165) is 17.7 Å². The molecule has 3 nitrogen and oxygen atoms in total. The number of primary amides is 1. The molecule has 0 aliphatic heterocycles. The van der Waals surface area contributed by atoms with Crippen LogP contribution in [0.2, 0.25) is 0 Å². The van der Waals surface area contributed by atoms with E-state index in [1.165, 1.54) is 5.56 Å². The lowest BCUT2D eigenvalue weighted by Gasteiger charge is -2.20. The van der Waals surface area contributed by atoms with Crippen LogP contribution in [-0.4, -0.2) is 5.91 Å². The van der Waals surface area contributed by atoms with Crippen LogP contribution in [0.3, 0.4) is 0 Å². The molecular weight excluding hydrogens is 248 g/mol. The Kier molecular flexibility index (Phi) is 4.41. The van der Waals surface area contributed by atoms with E-state index in [1.807, 2.05) is 37.3 Å². The molecule has 3 N–H and O–H groups in total. The minimum atomic E-state index is -0.394. The number of aryl methyl sites for hydroxylation is 1. The van der Waals surface area contributed by atoms with Gasteiger partial charge in [-0.05, 0) is 42.7 Å². The second-order valence-electron chi connectivity index (χ2n) is 4.91. The zero-order chi connectivity index (χ0) is 14.5. The number of rotatable bonds is 5. The van der Waals surface area contributed by atoms with Crippen LogP contribution in [0.1, 0.15) is 40.9 Å². The highest BCUT2D eigenvalue weighted by Gasteiger charge is 2.11. The maximum absolute atomic E-state index is 11.2. The predicted octanol–water partition coefficient (Wildman–Crippen LogP) is 3.66. The van der Waals surface area contributed by atoms with Crippen molar-refractivity contribution < 1.29 is 4.79 Å². The number of amides is 1. The number of anilines is 1. The molecule has 0 saturated heterocycles. The molecule has 3 heteroatoms. The maximum Gasteiger partial charge on any atom is 0.248 e. The summed E-state index contributed by atoms with van der Waals surface area (Å²) >= 11 is 0. The van der Waals surface area contributed by atoms with Gasteiger partial charge in [0.05, 0.1) is 6.04 Å². The molecule has 1 unspecified atom stereocenters. The Bertz CT molecular complexity index is 593. The van der Waals surface area contributed by atoms with Crippen molar-refractivity contribution in [2.75, 3.05) is 5.32 Å². The Morgan fingerprint density at radius 3 is 2.45 bits per heavy atom. The minimum absolute atomic E-state index is 0.259. The number of nitrogens with two attached hydrogens (primary N) is 1. The molecule has 0 spiro atoms. The molecule has 0 aliphatic rings. The molecular formula is C17H20N2O. The fourth-order valence-corrected chi connectivity index (χ4v) is 2.27. The molecule has 0 saturated carbocycles. The average Bonchev–Trinajstić information content (AvgIpc) is 2.46. The van der Waals surface area contributed by atoms with Crippen molar-refractivity contribution in [2.24, 2.45) is 5.73 Å². The average molecular weight is 268 g/mol. The van der Waals surface area contributed by atoms with Crippen LogP contribution in [0, 0.1) is 6.92 Å². The topological polar surface area (TPSA) is 55.1 Å². The summed E-state index contributed by atoms with van der Waals surface area (Å²) in [6.45, 7) is 4.13. The molecule has 1 atom stereocenters. The van der Waals surface area contributed by atoms with Gasteiger partial charge in [0, 0.05) is 11.3 Å². The van der Waals surface area contributed by atoms with Crippen LogP contribution in [0.25, 0.3) is 0 Å². The number of carbonyl (C=O) groups excluding carboxylic acids is 1. The first-order chi connectivity index (χ1) is 9.61. The van der Waals surface area contributed by atoms with E-state index >= 15 is 0 Å². The summed E-state index contributed by atoms with van der Waals surface area (Å²) in [5.41, 5.74) is 9.15. The Hall–Kier alpha value is -2.29. The molecule has 2 aromatic rings. The smallest absolute Gasteiger partial charge is 0.248 e. The molecule has 0 heterocycles. The quantitative estimate of drug-likeness (QED) is 0.869. The molecule has 0 radical (unpaired) electrons. The fraction of sp³-hybridized carbons (Fsp3) is 0.235. The van der Waals surface area contributed by atoms with E-state index < -0.39 is 5.91 Å². The van der Waals surface area contributed by atoms with Gasteiger partial charge in [-0.25, -0.2) is 0 Å². The zero-order valence-corrected chi connectivity index (χ0v) is 11.9. The largest absolute Gasteiger partial charge is 0.378 e. The van der Waals surface area contributed by atoms with Gasteiger partial charge in [0.2, 0.25) is 5.91 Å². The van der Waals surface area contributed by atoms with Gasteiger partial charge in [-0.2, -0.15) is 0 Å². The maximum atomic E-state index is 11.2. The third kappa shape index (κ3) is 3.18. The summed E-state index contributed by atoms with van der Waals surface area (Å²) in [5, 5.41) is 3.53. The van der Waals surface area contributed by atoms with E-state index in [1.54, 1.807) is 6.07 Å². The predicted molar refractivity (Wildman–Crippen MR) is 82.8 cm³/mol. The van der Waals surface area contributed by atoms with Crippen molar-refractivity contribution in [1.82, 2.24) is 0 Å². The fourth-order valence-electron chi connectivity index (χ4n) is 2.27. The third-order valence-electron chi connectivity index (χ3n) is 3.45.